The molecule has 1 rings (SSSR count). The van der Waals surface area contributed by atoms with E-state index in [0.717, 1.165) is 0 Å². The normalized spacial score (nSPS) is 12.9. The van der Waals surface area contributed by atoms with Gasteiger partial charge in [0.1, 0.15) is 0 Å². The second-order valence-electron chi connectivity index (χ2n) is 1.82. The van der Waals surface area contributed by atoms with Gasteiger partial charge in [0.05, 0.1) is 12.2 Å². The number of aliphatic hydroxyl groups is 1. The van der Waals surface area contributed by atoms with Crippen molar-refractivity contribution in [3.8, 4) is 0 Å². The summed E-state index contributed by atoms with van der Waals surface area (Å²) in [5.74, 6) is -1.15. The van der Waals surface area contributed by atoms with Crippen LogP contribution in [0.1, 0.15) is 0 Å². The smallest absolute Gasteiger partial charge is 0.333 e. The Morgan fingerprint density at radius 2 is 2.00 bits per heavy atom. The summed E-state index contributed by atoms with van der Waals surface area (Å²) >= 11 is 0. The number of carbonyl (C=O) groups is 1. The molecule has 0 aromatic heterocycles. The molecule has 0 aromatic carbocycles. The van der Waals surface area contributed by atoms with Gasteiger partial charge in [0.25, 0.3) is 0 Å². The van der Waals surface area contributed by atoms with Gasteiger partial charge < -0.3 is 15.5 Å². The summed E-state index contributed by atoms with van der Waals surface area (Å²) in [4.78, 5) is 9.67. The number of carboxylic acid groups (broad SMARTS) is 1. The lowest BCUT2D eigenvalue weighted by atomic mass is 10.3. The maximum atomic E-state index is 9.67. The lowest BCUT2D eigenvalue weighted by Gasteiger charge is -1.87. The lowest BCUT2D eigenvalue weighted by Crippen LogP contribution is -2.01. The van der Waals surface area contributed by atoms with E-state index in [4.69, 9.17) is 10.2 Å². The topological polar surface area (TPSA) is 79.5 Å². The molecular formula is C6H11NO3. The van der Waals surface area contributed by atoms with Gasteiger partial charge in [0, 0.05) is 13.1 Å². The molecule has 0 spiro atoms. The van der Waals surface area contributed by atoms with Crippen LogP contribution in [-0.2, 0) is 4.79 Å². The summed E-state index contributed by atoms with van der Waals surface area (Å²) in [5, 5.41) is 18.9. The van der Waals surface area contributed by atoms with Crippen LogP contribution in [0.25, 0.3) is 0 Å². The van der Waals surface area contributed by atoms with Crippen LogP contribution in [0.2, 0.25) is 0 Å². The number of carboxylic acids is 1. The fourth-order valence-corrected chi connectivity index (χ4v) is 0.0676. The minimum atomic E-state index is -1.15. The maximum absolute atomic E-state index is 9.67. The van der Waals surface area contributed by atoms with Crippen LogP contribution in [-0.4, -0.2) is 35.9 Å². The second kappa shape index (κ2) is 4.96. The van der Waals surface area contributed by atoms with Crippen LogP contribution in [0.5, 0.6) is 0 Å². The number of hydrogen-bond donors (Lipinski definition) is 3. The van der Waals surface area contributed by atoms with Crippen LogP contribution >= 0.6 is 0 Å². The number of hydrogen-bond acceptors (Lipinski definition) is 3. The minimum absolute atomic E-state index is 0.181. The van der Waals surface area contributed by atoms with Crippen molar-refractivity contribution >= 4 is 5.97 Å². The van der Waals surface area contributed by atoms with Gasteiger partial charge >= 0.3 is 5.97 Å². The van der Waals surface area contributed by atoms with E-state index in [0.29, 0.717) is 0 Å². The molecule has 58 valence electrons. The highest BCUT2D eigenvalue weighted by Gasteiger charge is 1.97. The summed E-state index contributed by atoms with van der Waals surface area (Å²) in [6, 6.07) is 0. The van der Waals surface area contributed by atoms with Gasteiger partial charge in [-0.15, -0.1) is 0 Å². The third kappa shape index (κ3) is 7.13. The first kappa shape index (κ1) is 9.13. The third-order valence-electron chi connectivity index (χ3n) is 0.743. The number of rotatable bonds is 2. The van der Waals surface area contributed by atoms with Crippen molar-refractivity contribution in [3.63, 3.8) is 0 Å². The van der Waals surface area contributed by atoms with Crippen molar-refractivity contribution in [1.82, 2.24) is 5.32 Å². The van der Waals surface area contributed by atoms with E-state index in [1.54, 1.807) is 0 Å². The molecule has 0 aliphatic carbocycles. The van der Waals surface area contributed by atoms with Crippen molar-refractivity contribution in [2.75, 3.05) is 19.7 Å². The first-order valence-electron chi connectivity index (χ1n) is 2.91. The zero-order chi connectivity index (χ0) is 7.98. The molecule has 1 saturated heterocycles. The molecule has 0 saturated carbocycles. The number of aliphatic hydroxyl groups excluding tert-OH is 1. The van der Waals surface area contributed by atoms with Crippen molar-refractivity contribution in [2.24, 2.45) is 0 Å². The standard InChI is InChI=1S/C4H6O3.C2H5N/c1-3(2-5)4(6)7;1-2-3-1/h5H,1-2H2,(H,6,7);3H,1-2H2. The molecule has 0 aromatic rings. The molecular weight excluding hydrogens is 134 g/mol. The molecule has 0 unspecified atom stereocenters. The monoisotopic (exact) mass is 145 g/mol. The Labute approximate surface area is 59.2 Å². The SMILES string of the molecule is C1CN1.C=C(CO)C(=O)O. The molecule has 1 heterocycles. The molecule has 10 heavy (non-hydrogen) atoms. The number of nitrogens with one attached hydrogen (secondary N) is 1. The van der Waals surface area contributed by atoms with Crippen LogP contribution in [0, 0.1) is 0 Å². The Balaban J connectivity index is 0.000000219. The average Bonchev–Trinajstić information content (AvgIpc) is 2.70. The van der Waals surface area contributed by atoms with E-state index in [1.807, 2.05) is 0 Å². The lowest BCUT2D eigenvalue weighted by molar-refractivity contribution is -0.133. The summed E-state index contributed by atoms with van der Waals surface area (Å²) in [6.07, 6.45) is 0. The van der Waals surface area contributed by atoms with E-state index in [-0.39, 0.29) is 5.57 Å². The Morgan fingerprint density at radius 1 is 1.60 bits per heavy atom. The molecule has 3 N–H and O–H groups in total. The molecule has 4 nitrogen and oxygen atoms in total. The summed E-state index contributed by atoms with van der Waals surface area (Å²) < 4.78 is 0. The average molecular weight is 145 g/mol. The molecule has 1 fully saturated rings. The summed E-state index contributed by atoms with van der Waals surface area (Å²) in [7, 11) is 0. The van der Waals surface area contributed by atoms with Crippen LogP contribution < -0.4 is 5.32 Å². The Morgan fingerprint density at radius 3 is 2.00 bits per heavy atom. The molecule has 0 atom stereocenters. The largest absolute Gasteiger partial charge is 0.478 e. The van der Waals surface area contributed by atoms with Crippen molar-refractivity contribution < 1.29 is 15.0 Å². The summed E-state index contributed by atoms with van der Waals surface area (Å²) in [5.41, 5.74) is -0.181. The van der Waals surface area contributed by atoms with E-state index >= 15 is 0 Å². The maximum Gasteiger partial charge on any atom is 0.333 e. The zero-order valence-electron chi connectivity index (χ0n) is 5.63. The third-order valence-corrected chi connectivity index (χ3v) is 0.743. The molecule has 0 amide bonds. The molecule has 1 aliphatic heterocycles. The highest BCUT2D eigenvalue weighted by molar-refractivity contribution is 5.85. The van der Waals surface area contributed by atoms with Gasteiger partial charge in [-0.05, 0) is 0 Å². The van der Waals surface area contributed by atoms with E-state index in [1.165, 1.54) is 13.1 Å². The van der Waals surface area contributed by atoms with Gasteiger partial charge in [-0.1, -0.05) is 6.58 Å². The second-order valence-corrected chi connectivity index (χ2v) is 1.82. The highest BCUT2D eigenvalue weighted by atomic mass is 16.4. The first-order chi connectivity index (χ1) is 4.68. The fourth-order valence-electron chi connectivity index (χ4n) is 0.0676. The predicted molar refractivity (Wildman–Crippen MR) is 36.7 cm³/mol. The number of aliphatic carboxylic acids is 1. The molecule has 0 bridgehead atoms. The van der Waals surface area contributed by atoms with Crippen molar-refractivity contribution in [3.05, 3.63) is 12.2 Å². The fraction of sp³-hybridized carbons (Fsp3) is 0.500. The van der Waals surface area contributed by atoms with Crippen LogP contribution in [0.3, 0.4) is 0 Å². The van der Waals surface area contributed by atoms with Crippen LogP contribution in [0.4, 0.5) is 0 Å². The first-order valence-corrected chi connectivity index (χ1v) is 2.91. The van der Waals surface area contributed by atoms with Crippen LogP contribution in [0.15, 0.2) is 12.2 Å². The highest BCUT2D eigenvalue weighted by Crippen LogP contribution is 1.83. The Hall–Kier alpha value is -0.870. The van der Waals surface area contributed by atoms with Gasteiger partial charge in [-0.25, -0.2) is 4.79 Å². The quantitative estimate of drug-likeness (QED) is 0.351. The molecule has 0 radical (unpaired) electrons. The Bertz CT molecular complexity index is 128. The molecule has 1 aliphatic rings. The predicted octanol–water partition coefficient (Wildman–Crippen LogP) is -0.791. The minimum Gasteiger partial charge on any atom is -0.478 e. The van der Waals surface area contributed by atoms with Gasteiger partial charge in [-0.2, -0.15) is 0 Å². The van der Waals surface area contributed by atoms with E-state index in [2.05, 4.69) is 11.9 Å². The van der Waals surface area contributed by atoms with Gasteiger partial charge in [-0.3, -0.25) is 0 Å². The Kier molecular flexibility index (Phi) is 4.53. The van der Waals surface area contributed by atoms with E-state index < -0.39 is 12.6 Å². The molecule has 4 heteroatoms. The van der Waals surface area contributed by atoms with Gasteiger partial charge in [0.2, 0.25) is 0 Å². The van der Waals surface area contributed by atoms with E-state index in [9.17, 15) is 4.79 Å². The van der Waals surface area contributed by atoms with Crippen molar-refractivity contribution in [2.45, 2.75) is 0 Å². The van der Waals surface area contributed by atoms with Gasteiger partial charge in [0.15, 0.2) is 0 Å². The zero-order valence-corrected chi connectivity index (χ0v) is 5.63. The summed E-state index contributed by atoms with van der Waals surface area (Å²) in [6.45, 7) is 5.05. The van der Waals surface area contributed by atoms with Crippen molar-refractivity contribution in [1.29, 1.82) is 0 Å².